The first kappa shape index (κ1) is 21.5. The van der Waals surface area contributed by atoms with Gasteiger partial charge in [0.05, 0.1) is 28.9 Å². The number of benzene rings is 3. The van der Waals surface area contributed by atoms with Gasteiger partial charge in [-0.3, -0.25) is 0 Å². The number of hydrogen-bond acceptors (Lipinski definition) is 4. The van der Waals surface area contributed by atoms with Gasteiger partial charge in [-0.15, -0.1) is 0 Å². The number of allylic oxidation sites excluding steroid dienone is 5. The molecule has 0 spiro atoms. The average molecular weight is 463 g/mol. The SMILES string of the molecule is CN1CC(c2ccc(-c3cccc(N4C5=C=CC(C#N)=CC5c5ccccc54)c3)cc2)=CC=C1C#N. The summed E-state index contributed by atoms with van der Waals surface area (Å²) in [4.78, 5) is 4.22. The second-order valence-corrected chi connectivity index (χ2v) is 9.12. The Balaban J connectivity index is 1.35. The van der Waals surface area contributed by atoms with Crippen LogP contribution in [0.4, 0.5) is 11.4 Å². The van der Waals surface area contributed by atoms with Crippen molar-refractivity contribution in [2.24, 2.45) is 0 Å². The number of likely N-dealkylation sites (N-methyl/N-ethyl adjacent to an activating group) is 1. The van der Waals surface area contributed by atoms with Gasteiger partial charge >= 0.3 is 0 Å². The first-order valence-corrected chi connectivity index (χ1v) is 11.9. The third-order valence-electron chi connectivity index (χ3n) is 6.97. The Labute approximate surface area is 210 Å². The zero-order valence-electron chi connectivity index (χ0n) is 19.8. The van der Waals surface area contributed by atoms with E-state index in [9.17, 15) is 10.5 Å². The molecule has 1 atom stereocenters. The summed E-state index contributed by atoms with van der Waals surface area (Å²) in [6, 6.07) is 30.0. The van der Waals surface area contributed by atoms with E-state index in [1.54, 1.807) is 6.08 Å². The van der Waals surface area contributed by atoms with Gasteiger partial charge in [0, 0.05) is 19.3 Å². The minimum atomic E-state index is 0.0290. The van der Waals surface area contributed by atoms with Crippen LogP contribution in [0.2, 0.25) is 0 Å². The number of nitriles is 2. The standard InChI is InChI=1S/C32H22N4/c1-35-21-26(14-15-28(35)20-34)24-12-10-23(11-13-24)25-5-4-6-27(18-25)36-31-8-3-2-7-29(31)30-17-22(19-33)9-16-32(30)36/h2-15,17-18,30H,21H2,1H3. The van der Waals surface area contributed by atoms with Gasteiger partial charge < -0.3 is 9.80 Å². The molecule has 1 aliphatic carbocycles. The van der Waals surface area contributed by atoms with E-state index in [1.165, 1.54) is 11.1 Å². The van der Waals surface area contributed by atoms with Gasteiger partial charge in [0.2, 0.25) is 0 Å². The van der Waals surface area contributed by atoms with E-state index in [0.29, 0.717) is 17.8 Å². The van der Waals surface area contributed by atoms with Crippen molar-refractivity contribution in [2.75, 3.05) is 18.5 Å². The van der Waals surface area contributed by atoms with Gasteiger partial charge in [-0.25, -0.2) is 0 Å². The fourth-order valence-corrected chi connectivity index (χ4v) is 5.13. The zero-order chi connectivity index (χ0) is 24.6. The Hall–Kier alpha value is -5.02. The number of hydrogen-bond donors (Lipinski definition) is 0. The largest absolute Gasteiger partial charge is 0.362 e. The van der Waals surface area contributed by atoms with Crippen LogP contribution >= 0.6 is 0 Å². The number of fused-ring (bicyclic) bond motifs is 3. The van der Waals surface area contributed by atoms with Crippen molar-refractivity contribution in [3.05, 3.63) is 131 Å². The smallest absolute Gasteiger partial charge is 0.117 e. The lowest BCUT2D eigenvalue weighted by Crippen LogP contribution is -2.21. The molecule has 2 heterocycles. The van der Waals surface area contributed by atoms with Gasteiger partial charge in [0.25, 0.3) is 0 Å². The zero-order valence-corrected chi connectivity index (χ0v) is 19.8. The van der Waals surface area contributed by atoms with Crippen LogP contribution in [0, 0.1) is 22.7 Å². The van der Waals surface area contributed by atoms with Gasteiger partial charge in [-0.05, 0) is 58.2 Å². The summed E-state index contributed by atoms with van der Waals surface area (Å²) in [7, 11) is 1.94. The van der Waals surface area contributed by atoms with Crippen LogP contribution in [0.15, 0.2) is 120 Å². The number of para-hydroxylation sites is 1. The molecule has 0 fully saturated rings. The van der Waals surface area contributed by atoms with Gasteiger partial charge in [0.1, 0.15) is 11.8 Å². The molecular weight excluding hydrogens is 440 g/mol. The van der Waals surface area contributed by atoms with Crippen molar-refractivity contribution in [3.8, 4) is 23.3 Å². The molecule has 3 aromatic carbocycles. The van der Waals surface area contributed by atoms with Crippen molar-refractivity contribution in [1.29, 1.82) is 10.5 Å². The molecule has 0 amide bonds. The minimum absolute atomic E-state index is 0.0290. The van der Waals surface area contributed by atoms with Gasteiger partial charge in [-0.1, -0.05) is 72.5 Å². The van der Waals surface area contributed by atoms with E-state index < -0.39 is 0 Å². The summed E-state index contributed by atoms with van der Waals surface area (Å²) in [6.07, 6.45) is 7.71. The molecule has 4 nitrogen and oxygen atoms in total. The van der Waals surface area contributed by atoms with Crippen LogP contribution in [0.1, 0.15) is 17.0 Å². The van der Waals surface area contributed by atoms with Crippen molar-refractivity contribution in [2.45, 2.75) is 5.92 Å². The molecule has 3 aliphatic rings. The number of rotatable bonds is 3. The van der Waals surface area contributed by atoms with Gasteiger partial charge in [-0.2, -0.15) is 10.5 Å². The summed E-state index contributed by atoms with van der Waals surface area (Å²) in [5.74, 6) is 0.0290. The maximum atomic E-state index is 9.41. The second-order valence-electron chi connectivity index (χ2n) is 9.12. The number of anilines is 2. The first-order valence-electron chi connectivity index (χ1n) is 11.9. The maximum Gasteiger partial charge on any atom is 0.117 e. The molecule has 6 rings (SSSR count). The molecule has 0 N–H and O–H groups in total. The molecule has 0 saturated carbocycles. The quantitative estimate of drug-likeness (QED) is 0.401. The highest BCUT2D eigenvalue weighted by atomic mass is 15.2. The molecule has 4 heteroatoms. The second kappa shape index (κ2) is 8.64. The van der Waals surface area contributed by atoms with Crippen LogP contribution in [0.5, 0.6) is 0 Å². The maximum absolute atomic E-state index is 9.41. The third-order valence-corrected chi connectivity index (χ3v) is 6.97. The lowest BCUT2D eigenvalue weighted by Gasteiger charge is -2.24. The van der Waals surface area contributed by atoms with Crippen LogP contribution in [-0.4, -0.2) is 18.5 Å². The summed E-state index contributed by atoms with van der Waals surface area (Å²) >= 11 is 0. The Morgan fingerprint density at radius 2 is 1.67 bits per heavy atom. The molecule has 0 bridgehead atoms. The Morgan fingerprint density at radius 3 is 2.44 bits per heavy atom. The highest BCUT2D eigenvalue weighted by molar-refractivity contribution is 5.82. The van der Waals surface area contributed by atoms with E-state index in [0.717, 1.165) is 33.8 Å². The Kier molecular flexibility index (Phi) is 5.16. The predicted octanol–water partition coefficient (Wildman–Crippen LogP) is 6.83. The van der Waals surface area contributed by atoms with Crippen molar-refractivity contribution in [3.63, 3.8) is 0 Å². The van der Waals surface area contributed by atoms with Crippen LogP contribution in [0.25, 0.3) is 16.7 Å². The van der Waals surface area contributed by atoms with Crippen molar-refractivity contribution in [1.82, 2.24) is 4.90 Å². The van der Waals surface area contributed by atoms with Gasteiger partial charge in [0.15, 0.2) is 0 Å². The summed E-state index contributed by atoms with van der Waals surface area (Å²) in [6.45, 7) is 0.717. The highest BCUT2D eigenvalue weighted by Gasteiger charge is 2.34. The minimum Gasteiger partial charge on any atom is -0.362 e. The van der Waals surface area contributed by atoms with E-state index in [1.807, 2.05) is 36.2 Å². The van der Waals surface area contributed by atoms with E-state index in [-0.39, 0.29) is 5.92 Å². The molecule has 1 unspecified atom stereocenters. The monoisotopic (exact) mass is 462 g/mol. The number of nitrogens with zero attached hydrogens (tertiary/aromatic N) is 4. The molecular formula is C32H22N4. The Morgan fingerprint density at radius 1 is 0.861 bits per heavy atom. The normalized spacial score (nSPS) is 17.7. The molecule has 3 aromatic rings. The van der Waals surface area contributed by atoms with Crippen LogP contribution in [0.3, 0.4) is 0 Å². The first-order chi connectivity index (χ1) is 17.7. The topological polar surface area (TPSA) is 54.1 Å². The summed E-state index contributed by atoms with van der Waals surface area (Å²) in [5.41, 5.74) is 13.8. The molecule has 36 heavy (non-hydrogen) atoms. The van der Waals surface area contributed by atoms with Crippen molar-refractivity contribution >= 4 is 16.9 Å². The van der Waals surface area contributed by atoms with E-state index in [2.05, 4.69) is 89.5 Å². The lowest BCUT2D eigenvalue weighted by atomic mass is 9.94. The highest BCUT2D eigenvalue weighted by Crippen LogP contribution is 2.49. The lowest BCUT2D eigenvalue weighted by molar-refractivity contribution is 0.485. The van der Waals surface area contributed by atoms with E-state index in [4.69, 9.17) is 0 Å². The molecule has 170 valence electrons. The van der Waals surface area contributed by atoms with Crippen LogP contribution < -0.4 is 4.90 Å². The summed E-state index contributed by atoms with van der Waals surface area (Å²) < 4.78 is 0. The molecule has 2 aliphatic heterocycles. The predicted molar refractivity (Wildman–Crippen MR) is 143 cm³/mol. The molecule has 0 aromatic heterocycles. The summed E-state index contributed by atoms with van der Waals surface area (Å²) in [5, 5.41) is 18.6. The fourth-order valence-electron chi connectivity index (χ4n) is 5.13. The van der Waals surface area contributed by atoms with E-state index >= 15 is 0 Å². The average Bonchev–Trinajstić information content (AvgIpc) is 3.27. The molecule has 0 saturated heterocycles. The third kappa shape index (κ3) is 3.55. The molecule has 0 radical (unpaired) electrons. The fraction of sp³-hybridized carbons (Fsp3) is 0.0938. The Bertz CT molecular complexity index is 1630. The van der Waals surface area contributed by atoms with Crippen LogP contribution in [-0.2, 0) is 0 Å². The van der Waals surface area contributed by atoms with Crippen molar-refractivity contribution < 1.29 is 0 Å².